The molecule has 0 aromatic heterocycles. The van der Waals surface area contributed by atoms with Gasteiger partial charge in [0.05, 0.1) is 26.1 Å². The first-order chi connectivity index (χ1) is 7.08. The van der Waals surface area contributed by atoms with Gasteiger partial charge in [0.2, 0.25) is 0 Å². The van der Waals surface area contributed by atoms with Crippen molar-refractivity contribution >= 4 is 7.60 Å². The van der Waals surface area contributed by atoms with Crippen molar-refractivity contribution in [3.8, 4) is 0 Å². The molecule has 0 bridgehead atoms. The van der Waals surface area contributed by atoms with Crippen molar-refractivity contribution in [1.29, 1.82) is 0 Å². The highest BCUT2D eigenvalue weighted by atomic mass is 31.2. The predicted octanol–water partition coefficient (Wildman–Crippen LogP) is 0.500. The van der Waals surface area contributed by atoms with E-state index in [1.165, 1.54) is 0 Å². The van der Waals surface area contributed by atoms with E-state index in [2.05, 4.69) is 5.32 Å². The van der Waals surface area contributed by atoms with Gasteiger partial charge >= 0.3 is 7.60 Å². The van der Waals surface area contributed by atoms with Crippen molar-refractivity contribution in [2.45, 2.75) is 26.5 Å². The normalized spacial score (nSPS) is 14.1. The molecule has 0 aromatic rings. The fourth-order valence-corrected chi connectivity index (χ4v) is 2.73. The lowest BCUT2D eigenvalue weighted by Crippen LogP contribution is -2.30. The first-order valence-corrected chi connectivity index (χ1v) is 6.71. The highest BCUT2D eigenvalue weighted by Gasteiger charge is 2.24. The average molecular weight is 241 g/mol. The molecular formula is C8H20NO5P. The Hall–Kier alpha value is 0.0300. The number of hydrogen-bond donors (Lipinski definition) is 3. The third kappa shape index (κ3) is 7.00. The number of aliphatic hydroxyl groups excluding tert-OH is 2. The van der Waals surface area contributed by atoms with E-state index in [0.29, 0.717) is 13.2 Å². The van der Waals surface area contributed by atoms with Crippen LogP contribution in [0.15, 0.2) is 0 Å². The van der Waals surface area contributed by atoms with E-state index in [9.17, 15) is 9.67 Å². The molecule has 6 nitrogen and oxygen atoms in total. The summed E-state index contributed by atoms with van der Waals surface area (Å²) in [5, 5.41) is 20.1. The summed E-state index contributed by atoms with van der Waals surface area (Å²) >= 11 is 0. The Labute approximate surface area is 90.1 Å². The second kappa shape index (κ2) is 8.21. The molecule has 0 rings (SSSR count). The van der Waals surface area contributed by atoms with Crippen molar-refractivity contribution < 1.29 is 23.8 Å². The summed E-state index contributed by atoms with van der Waals surface area (Å²) in [6.07, 6.45) is -0.565. The second-order valence-electron chi connectivity index (χ2n) is 2.84. The number of hydrogen-bond acceptors (Lipinski definition) is 6. The molecule has 92 valence electrons. The zero-order valence-corrected chi connectivity index (χ0v) is 10.1. The van der Waals surface area contributed by atoms with Crippen molar-refractivity contribution in [2.75, 3.05) is 26.1 Å². The van der Waals surface area contributed by atoms with Crippen LogP contribution in [0.5, 0.6) is 0 Å². The molecule has 0 aliphatic heterocycles. The fourth-order valence-electron chi connectivity index (χ4n) is 1.05. The Kier molecular flexibility index (Phi) is 8.23. The van der Waals surface area contributed by atoms with Crippen molar-refractivity contribution in [3.63, 3.8) is 0 Å². The van der Waals surface area contributed by atoms with E-state index in [1.54, 1.807) is 13.8 Å². The summed E-state index contributed by atoms with van der Waals surface area (Å²) in [4.78, 5) is 0. The lowest BCUT2D eigenvalue weighted by molar-refractivity contribution is 0.0927. The van der Waals surface area contributed by atoms with Gasteiger partial charge < -0.3 is 19.3 Å². The highest BCUT2D eigenvalue weighted by Crippen LogP contribution is 2.48. The van der Waals surface area contributed by atoms with Crippen molar-refractivity contribution in [1.82, 2.24) is 5.32 Å². The molecule has 0 amide bonds. The van der Waals surface area contributed by atoms with Crippen LogP contribution in [0.2, 0.25) is 0 Å². The summed E-state index contributed by atoms with van der Waals surface area (Å²) < 4.78 is 21.9. The third-order valence-electron chi connectivity index (χ3n) is 1.65. The van der Waals surface area contributed by atoms with Crippen molar-refractivity contribution in [2.24, 2.45) is 0 Å². The molecule has 0 saturated carbocycles. The maximum atomic E-state index is 11.9. The van der Waals surface area contributed by atoms with E-state index in [1.807, 2.05) is 0 Å². The molecule has 0 radical (unpaired) electrons. The summed E-state index contributed by atoms with van der Waals surface area (Å²) in [6, 6.07) is 0. The molecular weight excluding hydrogens is 221 g/mol. The molecule has 0 spiro atoms. The molecule has 0 aliphatic rings. The van der Waals surface area contributed by atoms with Gasteiger partial charge in [0.25, 0.3) is 0 Å². The Morgan fingerprint density at radius 2 is 1.87 bits per heavy atom. The van der Waals surface area contributed by atoms with Gasteiger partial charge in [-0.25, -0.2) is 0 Å². The highest BCUT2D eigenvalue weighted by molar-refractivity contribution is 7.53. The van der Waals surface area contributed by atoms with Crippen LogP contribution in [0.4, 0.5) is 0 Å². The number of rotatable bonds is 9. The number of nitrogens with one attached hydrogen (secondary N) is 1. The summed E-state index contributed by atoms with van der Waals surface area (Å²) in [5.41, 5.74) is 0. The minimum Gasteiger partial charge on any atom is -0.381 e. The van der Waals surface area contributed by atoms with E-state index in [-0.39, 0.29) is 19.3 Å². The van der Waals surface area contributed by atoms with Gasteiger partial charge in [-0.15, -0.1) is 0 Å². The summed E-state index contributed by atoms with van der Waals surface area (Å²) in [6.45, 7) is 3.75. The van der Waals surface area contributed by atoms with Crippen LogP contribution in [0.1, 0.15) is 20.3 Å². The predicted molar refractivity (Wildman–Crippen MR) is 56.6 cm³/mol. The van der Waals surface area contributed by atoms with Crippen molar-refractivity contribution in [3.05, 3.63) is 0 Å². The molecule has 3 N–H and O–H groups in total. The molecule has 1 atom stereocenters. The minimum atomic E-state index is -3.08. The molecule has 0 aliphatic carbocycles. The maximum Gasteiger partial charge on any atom is 0.330 e. The molecule has 0 fully saturated rings. The van der Waals surface area contributed by atoms with E-state index >= 15 is 0 Å². The topological polar surface area (TPSA) is 88.0 Å². The fraction of sp³-hybridized carbons (Fsp3) is 1.00. The quantitative estimate of drug-likeness (QED) is 0.402. The van der Waals surface area contributed by atoms with Crippen LogP contribution < -0.4 is 5.32 Å². The van der Waals surface area contributed by atoms with Crippen LogP contribution in [0.25, 0.3) is 0 Å². The zero-order valence-electron chi connectivity index (χ0n) is 9.18. The van der Waals surface area contributed by atoms with Gasteiger partial charge in [-0.3, -0.25) is 9.88 Å². The Morgan fingerprint density at radius 1 is 1.33 bits per heavy atom. The Bertz CT molecular complexity index is 191. The lowest BCUT2D eigenvalue weighted by Gasteiger charge is -2.18. The summed E-state index contributed by atoms with van der Waals surface area (Å²) in [7, 11) is -3.08. The lowest BCUT2D eigenvalue weighted by atomic mass is 10.4. The summed E-state index contributed by atoms with van der Waals surface area (Å²) in [5.74, 6) is 0. The largest absolute Gasteiger partial charge is 0.381 e. The third-order valence-corrected chi connectivity index (χ3v) is 3.76. The molecule has 15 heavy (non-hydrogen) atoms. The van der Waals surface area contributed by atoms with Crippen LogP contribution >= 0.6 is 7.60 Å². The monoisotopic (exact) mass is 241 g/mol. The molecule has 0 saturated heterocycles. The van der Waals surface area contributed by atoms with E-state index in [4.69, 9.17) is 14.2 Å². The van der Waals surface area contributed by atoms with Crippen LogP contribution in [-0.2, 0) is 13.6 Å². The Morgan fingerprint density at radius 3 is 2.27 bits per heavy atom. The van der Waals surface area contributed by atoms with Crippen LogP contribution in [0, 0.1) is 0 Å². The SMILES string of the molecule is CCOP(=O)(CCC(O)NCO)OCC. The first kappa shape index (κ1) is 15.0. The molecule has 0 heterocycles. The second-order valence-corrected chi connectivity index (χ2v) is 5.02. The first-order valence-electron chi connectivity index (χ1n) is 4.98. The number of aliphatic hydroxyl groups is 2. The average Bonchev–Trinajstić information content (AvgIpc) is 2.16. The van der Waals surface area contributed by atoms with Crippen LogP contribution in [-0.4, -0.2) is 42.5 Å². The van der Waals surface area contributed by atoms with E-state index < -0.39 is 13.8 Å². The standard InChI is InChI=1S/C8H20NO5P/c1-3-13-15(12,14-4-2)6-5-8(11)9-7-10/h8-11H,3-7H2,1-2H3. The smallest absolute Gasteiger partial charge is 0.330 e. The molecule has 1 unspecified atom stereocenters. The van der Waals surface area contributed by atoms with E-state index in [0.717, 1.165) is 0 Å². The van der Waals surface area contributed by atoms with Gasteiger partial charge in [-0.2, -0.15) is 0 Å². The van der Waals surface area contributed by atoms with Gasteiger partial charge in [-0.05, 0) is 20.3 Å². The van der Waals surface area contributed by atoms with Gasteiger partial charge in [0.1, 0.15) is 6.23 Å². The Balaban J connectivity index is 4.00. The van der Waals surface area contributed by atoms with Gasteiger partial charge in [0.15, 0.2) is 0 Å². The maximum absolute atomic E-state index is 11.9. The van der Waals surface area contributed by atoms with Gasteiger partial charge in [-0.1, -0.05) is 0 Å². The van der Waals surface area contributed by atoms with Crippen LogP contribution in [0.3, 0.4) is 0 Å². The molecule has 7 heteroatoms. The van der Waals surface area contributed by atoms with Gasteiger partial charge in [0, 0.05) is 0 Å². The molecule has 0 aromatic carbocycles. The minimum absolute atomic E-state index is 0.128. The zero-order chi connectivity index (χ0) is 11.7.